The van der Waals surface area contributed by atoms with Crippen LogP contribution in [-0.2, 0) is 9.59 Å². The van der Waals surface area contributed by atoms with Crippen LogP contribution in [0.1, 0.15) is 36.7 Å². The second-order valence-corrected chi connectivity index (χ2v) is 10.3. The van der Waals surface area contributed by atoms with E-state index >= 15 is 0 Å². The maximum Gasteiger partial charge on any atom is 0.387 e. The number of Topliss-reactive ketones (excluding diaryl/α,β-unsaturated/α-hetero) is 1. The summed E-state index contributed by atoms with van der Waals surface area (Å²) in [6.07, 6.45) is 1.51. The number of amides is 2. The molecule has 1 aliphatic heterocycles. The predicted molar refractivity (Wildman–Crippen MR) is 157 cm³/mol. The molecule has 0 radical (unpaired) electrons. The van der Waals surface area contributed by atoms with Gasteiger partial charge in [0, 0.05) is 11.3 Å². The van der Waals surface area contributed by atoms with Crippen LogP contribution in [0.2, 0.25) is 0 Å². The predicted octanol–water partition coefficient (Wildman–Crippen LogP) is 6.10. The lowest BCUT2D eigenvalue weighted by Gasteiger charge is -2.20. The highest BCUT2D eigenvalue weighted by molar-refractivity contribution is 8.15. The molecular formula is C30H27F2N3O6S. The normalized spacial score (nSPS) is 14.6. The van der Waals surface area contributed by atoms with Gasteiger partial charge in [0.2, 0.25) is 5.91 Å². The van der Waals surface area contributed by atoms with Crippen molar-refractivity contribution < 1.29 is 37.7 Å². The molecule has 4 rings (SSSR count). The number of nitrogens with one attached hydrogen (secondary N) is 1. The third kappa shape index (κ3) is 7.32. The molecule has 42 heavy (non-hydrogen) atoms. The van der Waals surface area contributed by atoms with E-state index in [-0.39, 0.29) is 39.8 Å². The van der Waals surface area contributed by atoms with Crippen LogP contribution in [0.15, 0.2) is 77.4 Å². The number of thioether (sulfide) groups is 1. The summed E-state index contributed by atoms with van der Waals surface area (Å²) in [5.74, 6) is -0.885. The molecule has 12 heteroatoms. The SMILES string of the molecule is CCOc1cc(/C=C2/N=C(S[C@H](C)C(=O)Nc3ccc(C(C)=O)cc3)N(c3ccc(OC(F)F)cc3)C2=O)ccc1O. The zero-order chi connectivity index (χ0) is 30.4. The van der Waals surface area contributed by atoms with Crippen molar-refractivity contribution in [3.8, 4) is 17.2 Å². The van der Waals surface area contributed by atoms with Crippen molar-refractivity contribution >= 4 is 52.0 Å². The molecule has 0 aromatic heterocycles. The van der Waals surface area contributed by atoms with Gasteiger partial charge in [-0.1, -0.05) is 17.8 Å². The number of ether oxygens (including phenoxy) is 2. The van der Waals surface area contributed by atoms with Crippen LogP contribution in [0.3, 0.4) is 0 Å². The van der Waals surface area contributed by atoms with E-state index in [0.717, 1.165) is 11.8 Å². The Morgan fingerprint density at radius 2 is 1.79 bits per heavy atom. The quantitative estimate of drug-likeness (QED) is 0.215. The number of phenols is 1. The van der Waals surface area contributed by atoms with Gasteiger partial charge in [-0.15, -0.1) is 0 Å². The molecule has 3 aromatic carbocycles. The molecule has 2 amide bonds. The molecule has 0 saturated carbocycles. The van der Waals surface area contributed by atoms with Gasteiger partial charge in [-0.3, -0.25) is 19.3 Å². The average Bonchev–Trinajstić information content (AvgIpc) is 3.24. The van der Waals surface area contributed by atoms with E-state index in [4.69, 9.17) is 4.74 Å². The van der Waals surface area contributed by atoms with Gasteiger partial charge in [-0.25, -0.2) is 4.99 Å². The Hall–Kier alpha value is -4.71. The fraction of sp³-hybridized carbons (Fsp3) is 0.200. The first-order valence-electron chi connectivity index (χ1n) is 12.8. The number of benzene rings is 3. The number of carbonyl (C=O) groups is 3. The highest BCUT2D eigenvalue weighted by Gasteiger charge is 2.34. The molecule has 3 aromatic rings. The van der Waals surface area contributed by atoms with Crippen molar-refractivity contribution in [3.63, 3.8) is 0 Å². The summed E-state index contributed by atoms with van der Waals surface area (Å²) in [5.41, 5.74) is 1.91. The van der Waals surface area contributed by atoms with E-state index in [9.17, 15) is 28.3 Å². The van der Waals surface area contributed by atoms with Gasteiger partial charge < -0.3 is 19.9 Å². The molecule has 1 atom stereocenters. The van der Waals surface area contributed by atoms with Crippen molar-refractivity contribution in [2.24, 2.45) is 4.99 Å². The molecule has 0 aliphatic carbocycles. The number of hydrogen-bond acceptors (Lipinski definition) is 8. The number of aliphatic imine (C=N–C) groups is 1. The van der Waals surface area contributed by atoms with Crippen molar-refractivity contribution in [2.45, 2.75) is 32.6 Å². The lowest BCUT2D eigenvalue weighted by molar-refractivity contribution is -0.115. The lowest BCUT2D eigenvalue weighted by atomic mass is 10.1. The Balaban J connectivity index is 1.62. The van der Waals surface area contributed by atoms with Crippen LogP contribution in [0.5, 0.6) is 17.2 Å². The minimum absolute atomic E-state index is 0.0472. The van der Waals surface area contributed by atoms with Crippen LogP contribution >= 0.6 is 11.8 Å². The molecule has 9 nitrogen and oxygen atoms in total. The van der Waals surface area contributed by atoms with Crippen molar-refractivity contribution in [3.05, 3.63) is 83.6 Å². The first-order valence-corrected chi connectivity index (χ1v) is 13.7. The molecule has 1 heterocycles. The van der Waals surface area contributed by atoms with Crippen LogP contribution < -0.4 is 19.7 Å². The molecule has 218 valence electrons. The largest absolute Gasteiger partial charge is 0.504 e. The zero-order valence-corrected chi connectivity index (χ0v) is 23.7. The maximum atomic E-state index is 13.6. The number of nitrogens with zero attached hydrogens (tertiary/aromatic N) is 2. The minimum atomic E-state index is -3.00. The maximum absolute atomic E-state index is 13.6. The number of aromatic hydroxyl groups is 1. The molecule has 2 N–H and O–H groups in total. The number of ketones is 1. The number of phenolic OH excluding ortho intramolecular Hbond substituents is 1. The molecule has 0 fully saturated rings. The second kappa shape index (κ2) is 13.3. The molecule has 0 spiro atoms. The van der Waals surface area contributed by atoms with E-state index in [1.807, 2.05) is 0 Å². The first kappa shape index (κ1) is 30.3. The summed E-state index contributed by atoms with van der Waals surface area (Å²) in [7, 11) is 0. The fourth-order valence-electron chi connectivity index (χ4n) is 3.87. The van der Waals surface area contributed by atoms with E-state index in [1.165, 1.54) is 48.2 Å². The summed E-state index contributed by atoms with van der Waals surface area (Å²) < 4.78 is 35.1. The Morgan fingerprint density at radius 3 is 2.40 bits per heavy atom. The topological polar surface area (TPSA) is 118 Å². The van der Waals surface area contributed by atoms with Gasteiger partial charge in [-0.05, 0) is 93.1 Å². The van der Waals surface area contributed by atoms with Crippen molar-refractivity contribution in [2.75, 3.05) is 16.8 Å². The van der Waals surface area contributed by atoms with Gasteiger partial charge in [0.25, 0.3) is 5.91 Å². The third-order valence-corrected chi connectivity index (χ3v) is 7.00. The van der Waals surface area contributed by atoms with E-state index in [0.29, 0.717) is 29.1 Å². The summed E-state index contributed by atoms with van der Waals surface area (Å²) in [5, 5.41) is 12.3. The first-order chi connectivity index (χ1) is 20.0. The van der Waals surface area contributed by atoms with E-state index < -0.39 is 17.8 Å². The van der Waals surface area contributed by atoms with Gasteiger partial charge in [0.05, 0.1) is 17.5 Å². The van der Waals surface area contributed by atoms with Gasteiger partial charge >= 0.3 is 6.61 Å². The highest BCUT2D eigenvalue weighted by atomic mass is 32.2. The van der Waals surface area contributed by atoms with Crippen LogP contribution in [0.25, 0.3) is 6.08 Å². The Morgan fingerprint density at radius 1 is 1.10 bits per heavy atom. The number of anilines is 2. The number of amidine groups is 1. The number of halogens is 2. The Labute approximate surface area is 244 Å². The summed E-state index contributed by atoms with van der Waals surface area (Å²) in [4.78, 5) is 43.9. The zero-order valence-electron chi connectivity index (χ0n) is 22.8. The molecule has 0 saturated heterocycles. The van der Waals surface area contributed by atoms with Crippen molar-refractivity contribution in [1.82, 2.24) is 0 Å². The van der Waals surface area contributed by atoms with Crippen LogP contribution in [-0.4, -0.2) is 46.3 Å². The smallest absolute Gasteiger partial charge is 0.387 e. The number of hydrogen-bond donors (Lipinski definition) is 2. The van der Waals surface area contributed by atoms with Crippen molar-refractivity contribution in [1.29, 1.82) is 0 Å². The standard InChI is InChI=1S/C30H27F2N3O6S/c1-4-40-26-16-19(5-14-25(26)37)15-24-28(39)35(22-10-12-23(13-11-22)41-29(31)32)30(34-24)42-18(3)27(38)33-21-8-6-20(7-9-21)17(2)36/h5-16,18,29,37H,4H2,1-3H3,(H,33,38)/b24-15+/t18-/m1/s1. The third-order valence-electron chi connectivity index (χ3n) is 5.95. The molecule has 0 unspecified atom stereocenters. The average molecular weight is 596 g/mol. The van der Waals surface area contributed by atoms with Gasteiger partial charge in [-0.2, -0.15) is 8.78 Å². The monoisotopic (exact) mass is 595 g/mol. The van der Waals surface area contributed by atoms with E-state index in [1.54, 1.807) is 50.2 Å². The summed E-state index contributed by atoms with van der Waals surface area (Å²) in [6.45, 7) is 2.18. The van der Waals surface area contributed by atoms with E-state index in [2.05, 4.69) is 15.0 Å². The lowest BCUT2D eigenvalue weighted by Crippen LogP contribution is -2.33. The number of rotatable bonds is 10. The minimum Gasteiger partial charge on any atom is -0.504 e. The van der Waals surface area contributed by atoms with Crippen LogP contribution in [0.4, 0.5) is 20.2 Å². The molecule has 1 aliphatic rings. The Kier molecular flexibility index (Phi) is 9.58. The fourth-order valence-corrected chi connectivity index (χ4v) is 4.80. The second-order valence-electron chi connectivity index (χ2n) is 8.98. The Bertz CT molecular complexity index is 1540. The highest BCUT2D eigenvalue weighted by Crippen LogP contribution is 2.34. The number of alkyl halides is 2. The van der Waals surface area contributed by atoms with Gasteiger partial charge in [0.1, 0.15) is 11.4 Å². The van der Waals surface area contributed by atoms with Gasteiger partial charge in [0.15, 0.2) is 22.4 Å². The molecule has 0 bridgehead atoms. The van der Waals surface area contributed by atoms with Crippen LogP contribution in [0, 0.1) is 0 Å². The number of carbonyl (C=O) groups excluding carboxylic acids is 3. The molecular weight excluding hydrogens is 568 g/mol. The summed E-state index contributed by atoms with van der Waals surface area (Å²) >= 11 is 1.02. The summed E-state index contributed by atoms with van der Waals surface area (Å²) in [6, 6.07) is 16.5.